The highest BCUT2D eigenvalue weighted by molar-refractivity contribution is 7.99. The molecule has 0 aliphatic heterocycles. The van der Waals surface area contributed by atoms with E-state index >= 15 is 0 Å². The lowest BCUT2D eigenvalue weighted by atomic mass is 9.99. The molecule has 1 heterocycles. The van der Waals surface area contributed by atoms with Gasteiger partial charge in [0.1, 0.15) is 11.1 Å². The maximum atomic E-state index is 11.7. The number of nitrogens with zero attached hydrogens (tertiary/aromatic N) is 2. The Morgan fingerprint density at radius 3 is 2.48 bits per heavy atom. The molecular weight excluding hydrogens is 380 g/mol. The number of hydrogen-bond acceptors (Lipinski definition) is 5. The van der Waals surface area contributed by atoms with Gasteiger partial charge in [0.25, 0.3) is 0 Å². The van der Waals surface area contributed by atoms with Gasteiger partial charge in [-0.1, -0.05) is 60.2 Å². The molecule has 2 aromatic carbocycles. The van der Waals surface area contributed by atoms with Gasteiger partial charge in [-0.15, -0.1) is 11.8 Å². The minimum absolute atomic E-state index is 0.239. The molecule has 4 nitrogen and oxygen atoms in total. The fourth-order valence-corrected chi connectivity index (χ4v) is 3.84. The number of esters is 1. The molecule has 5 heteroatoms. The summed E-state index contributed by atoms with van der Waals surface area (Å²) in [6.45, 7) is 4.20. The summed E-state index contributed by atoms with van der Waals surface area (Å²) < 4.78 is 5.00. The predicted molar refractivity (Wildman–Crippen MR) is 117 cm³/mol. The van der Waals surface area contributed by atoms with E-state index in [4.69, 9.17) is 9.72 Å². The average molecular weight is 403 g/mol. The van der Waals surface area contributed by atoms with Crippen molar-refractivity contribution >= 4 is 17.7 Å². The van der Waals surface area contributed by atoms with Crippen molar-refractivity contribution in [3.63, 3.8) is 0 Å². The first-order valence-electron chi connectivity index (χ1n) is 9.48. The molecular formula is C24H22N2O2S. The number of hydrogen-bond donors (Lipinski definition) is 0. The van der Waals surface area contributed by atoms with E-state index in [1.807, 2.05) is 67.6 Å². The van der Waals surface area contributed by atoms with Gasteiger partial charge in [0.15, 0.2) is 0 Å². The summed E-state index contributed by atoms with van der Waals surface area (Å²) >= 11 is 1.41. The molecule has 0 aliphatic rings. The number of carbonyl (C=O) groups is 1. The van der Waals surface area contributed by atoms with E-state index in [1.54, 1.807) is 6.92 Å². The third-order valence-corrected chi connectivity index (χ3v) is 5.36. The third kappa shape index (κ3) is 5.24. The normalized spacial score (nSPS) is 10.4. The van der Waals surface area contributed by atoms with Gasteiger partial charge in [-0.25, -0.2) is 4.98 Å². The fraction of sp³-hybridized carbons (Fsp3) is 0.208. The second-order valence-electron chi connectivity index (χ2n) is 6.48. The van der Waals surface area contributed by atoms with Crippen LogP contribution in [0.1, 0.15) is 24.5 Å². The molecule has 0 saturated heterocycles. The van der Waals surface area contributed by atoms with Crippen LogP contribution in [0.2, 0.25) is 0 Å². The molecule has 29 heavy (non-hydrogen) atoms. The van der Waals surface area contributed by atoms with Crippen molar-refractivity contribution in [1.82, 2.24) is 4.98 Å². The Hall–Kier alpha value is -3.10. The van der Waals surface area contributed by atoms with Crippen molar-refractivity contribution in [1.29, 1.82) is 5.26 Å². The number of pyridine rings is 1. The van der Waals surface area contributed by atoms with Crippen LogP contribution in [0.25, 0.3) is 22.4 Å². The molecule has 0 aliphatic carbocycles. The fourth-order valence-electron chi connectivity index (χ4n) is 2.92. The lowest BCUT2D eigenvalue weighted by molar-refractivity contribution is -0.142. The minimum atomic E-state index is -0.239. The average Bonchev–Trinajstić information content (AvgIpc) is 2.74. The van der Waals surface area contributed by atoms with Gasteiger partial charge in [-0.05, 0) is 25.5 Å². The number of nitriles is 1. The molecule has 3 rings (SSSR count). The zero-order valence-electron chi connectivity index (χ0n) is 16.5. The highest BCUT2D eigenvalue weighted by atomic mass is 32.2. The van der Waals surface area contributed by atoms with Crippen LogP contribution in [0.4, 0.5) is 0 Å². The molecule has 0 spiro atoms. The van der Waals surface area contributed by atoms with E-state index in [-0.39, 0.29) is 12.4 Å². The molecule has 0 N–H and O–H groups in total. The van der Waals surface area contributed by atoms with Crippen LogP contribution >= 0.6 is 11.8 Å². The molecule has 0 saturated carbocycles. The van der Waals surface area contributed by atoms with Crippen molar-refractivity contribution in [2.45, 2.75) is 25.3 Å². The number of thioether (sulfide) groups is 1. The van der Waals surface area contributed by atoms with E-state index in [2.05, 4.69) is 6.07 Å². The maximum Gasteiger partial charge on any atom is 0.306 e. The maximum absolute atomic E-state index is 11.7. The first kappa shape index (κ1) is 20.6. The van der Waals surface area contributed by atoms with E-state index in [9.17, 15) is 10.1 Å². The lowest BCUT2D eigenvalue weighted by Gasteiger charge is -2.12. The van der Waals surface area contributed by atoms with Crippen LogP contribution in [-0.4, -0.2) is 23.3 Å². The Balaban J connectivity index is 2.03. The number of aryl methyl sites for hydroxylation is 1. The molecule has 0 fully saturated rings. The van der Waals surface area contributed by atoms with Gasteiger partial charge in [0.2, 0.25) is 0 Å². The van der Waals surface area contributed by atoms with Crippen LogP contribution in [0.3, 0.4) is 0 Å². The highest BCUT2D eigenvalue weighted by Crippen LogP contribution is 2.34. The molecule has 0 atom stereocenters. The molecule has 0 unspecified atom stereocenters. The molecule has 0 radical (unpaired) electrons. The summed E-state index contributed by atoms with van der Waals surface area (Å²) in [5.74, 6) is 0.267. The monoisotopic (exact) mass is 402 g/mol. The number of rotatable bonds is 7. The first-order valence-corrected chi connectivity index (χ1v) is 10.5. The molecule has 146 valence electrons. The number of aromatic nitrogens is 1. The summed E-state index contributed by atoms with van der Waals surface area (Å²) in [5, 5.41) is 10.5. The van der Waals surface area contributed by atoms with Crippen molar-refractivity contribution in [2.24, 2.45) is 0 Å². The topological polar surface area (TPSA) is 63.0 Å². The van der Waals surface area contributed by atoms with Crippen LogP contribution in [0.5, 0.6) is 0 Å². The standard InChI is InChI=1S/C24H22N2O2S/c1-3-28-23(27)13-14-29-24-21(16-25)20(18-7-5-4-6-8-18)15-22(26-24)19-11-9-17(2)10-12-19/h4-12,15H,3,13-14H2,1-2H3. The SMILES string of the molecule is CCOC(=O)CCSc1nc(-c2ccc(C)cc2)cc(-c2ccccc2)c1C#N. The van der Waals surface area contributed by atoms with E-state index < -0.39 is 0 Å². The second-order valence-corrected chi connectivity index (χ2v) is 7.57. The third-order valence-electron chi connectivity index (χ3n) is 4.38. The van der Waals surface area contributed by atoms with Gasteiger partial charge in [-0.3, -0.25) is 4.79 Å². The largest absolute Gasteiger partial charge is 0.466 e. The number of benzene rings is 2. The smallest absolute Gasteiger partial charge is 0.306 e. The van der Waals surface area contributed by atoms with Gasteiger partial charge in [0.05, 0.1) is 24.3 Å². The van der Waals surface area contributed by atoms with Gasteiger partial charge < -0.3 is 4.74 Å². The van der Waals surface area contributed by atoms with Crippen molar-refractivity contribution in [3.05, 3.63) is 71.8 Å². The van der Waals surface area contributed by atoms with E-state index in [0.29, 0.717) is 22.9 Å². The zero-order chi connectivity index (χ0) is 20.6. The van der Waals surface area contributed by atoms with Crippen LogP contribution in [0, 0.1) is 18.3 Å². The molecule has 1 aromatic heterocycles. The second kappa shape index (κ2) is 9.90. The summed E-state index contributed by atoms with van der Waals surface area (Å²) in [4.78, 5) is 16.4. The van der Waals surface area contributed by atoms with Crippen molar-refractivity contribution in [3.8, 4) is 28.5 Å². The summed E-state index contributed by atoms with van der Waals surface area (Å²) in [6, 6.07) is 22.3. The Kier molecular flexibility index (Phi) is 7.04. The van der Waals surface area contributed by atoms with E-state index in [1.165, 1.54) is 17.3 Å². The van der Waals surface area contributed by atoms with Gasteiger partial charge >= 0.3 is 5.97 Å². The highest BCUT2D eigenvalue weighted by Gasteiger charge is 2.16. The molecule has 3 aromatic rings. The molecule has 0 amide bonds. The Bertz CT molecular complexity index is 1030. The van der Waals surface area contributed by atoms with Crippen molar-refractivity contribution < 1.29 is 9.53 Å². The number of carbonyl (C=O) groups excluding carboxylic acids is 1. The lowest BCUT2D eigenvalue weighted by Crippen LogP contribution is -2.05. The van der Waals surface area contributed by atoms with Gasteiger partial charge in [-0.2, -0.15) is 5.26 Å². The molecule has 0 bridgehead atoms. The summed E-state index contributed by atoms with van der Waals surface area (Å²) in [5.41, 5.74) is 5.31. The van der Waals surface area contributed by atoms with E-state index in [0.717, 1.165) is 22.4 Å². The van der Waals surface area contributed by atoms with Gasteiger partial charge in [0, 0.05) is 16.9 Å². The van der Waals surface area contributed by atoms with Crippen LogP contribution in [0.15, 0.2) is 65.7 Å². The van der Waals surface area contributed by atoms with Crippen LogP contribution < -0.4 is 0 Å². The van der Waals surface area contributed by atoms with Crippen LogP contribution in [-0.2, 0) is 9.53 Å². The van der Waals surface area contributed by atoms with Crippen molar-refractivity contribution in [2.75, 3.05) is 12.4 Å². The number of ether oxygens (including phenoxy) is 1. The quantitative estimate of drug-likeness (QED) is 0.378. The Morgan fingerprint density at radius 1 is 1.10 bits per heavy atom. The Labute approximate surface area is 175 Å². The summed E-state index contributed by atoms with van der Waals surface area (Å²) in [6.07, 6.45) is 0.278. The summed E-state index contributed by atoms with van der Waals surface area (Å²) in [7, 11) is 0. The Morgan fingerprint density at radius 2 is 1.83 bits per heavy atom. The zero-order valence-corrected chi connectivity index (χ0v) is 17.3. The predicted octanol–water partition coefficient (Wildman–Crippen LogP) is 5.64. The first-order chi connectivity index (χ1) is 14.1. The minimum Gasteiger partial charge on any atom is -0.466 e.